The summed E-state index contributed by atoms with van der Waals surface area (Å²) < 4.78 is 79.0. The Kier molecular flexibility index (Phi) is 8.02. The fourth-order valence-corrected chi connectivity index (χ4v) is 5.56. The van der Waals surface area contributed by atoms with E-state index in [9.17, 15) is 26.0 Å². The van der Waals surface area contributed by atoms with E-state index < -0.39 is 28.0 Å². The van der Waals surface area contributed by atoms with Crippen molar-refractivity contribution < 1.29 is 40.6 Å². The van der Waals surface area contributed by atoms with Gasteiger partial charge in [-0.2, -0.15) is 13.2 Å². The number of carbonyl (C=O) groups is 1. The SMILES string of the molecule is Cc1cc(N2CCNCC2)c2c(c1)N(S(=O)(=O)c1ccc(F)cc1Cl)CCO2.O=C(O)C(F)(F)F. The number of hydrogen-bond donors (Lipinski definition) is 2. The van der Waals surface area contributed by atoms with Gasteiger partial charge in [-0.3, -0.25) is 4.31 Å². The number of carboxylic acid groups (broad SMARTS) is 1. The van der Waals surface area contributed by atoms with Crippen LogP contribution in [0.3, 0.4) is 0 Å². The summed E-state index contributed by atoms with van der Waals surface area (Å²) in [5.74, 6) is -2.78. The maximum absolute atomic E-state index is 13.4. The van der Waals surface area contributed by atoms with Crippen LogP contribution in [0.1, 0.15) is 5.56 Å². The fraction of sp³-hybridized carbons (Fsp3) is 0.381. The number of sulfonamides is 1. The number of nitrogens with one attached hydrogen (secondary N) is 1. The highest BCUT2D eigenvalue weighted by atomic mass is 35.5. The molecule has 2 heterocycles. The molecule has 14 heteroatoms. The van der Waals surface area contributed by atoms with Gasteiger partial charge in [0.15, 0.2) is 5.75 Å². The normalized spacial score (nSPS) is 16.1. The van der Waals surface area contributed by atoms with Crippen molar-refractivity contribution in [3.05, 3.63) is 46.7 Å². The van der Waals surface area contributed by atoms with Crippen molar-refractivity contribution in [3.8, 4) is 5.75 Å². The average Bonchev–Trinajstić information content (AvgIpc) is 2.78. The van der Waals surface area contributed by atoms with Gasteiger partial charge in [0.05, 0.1) is 22.9 Å². The summed E-state index contributed by atoms with van der Waals surface area (Å²) in [5, 5.41) is 10.3. The lowest BCUT2D eigenvalue weighted by atomic mass is 10.1. The Balaban J connectivity index is 0.000000429. The molecule has 2 N–H and O–H groups in total. The van der Waals surface area contributed by atoms with Gasteiger partial charge in [0.25, 0.3) is 10.0 Å². The minimum Gasteiger partial charge on any atom is -0.487 e. The van der Waals surface area contributed by atoms with Crippen LogP contribution in [0.15, 0.2) is 35.2 Å². The summed E-state index contributed by atoms with van der Waals surface area (Å²) in [6.07, 6.45) is -5.08. The van der Waals surface area contributed by atoms with Crippen LogP contribution in [-0.2, 0) is 14.8 Å². The molecule has 0 amide bonds. The minimum atomic E-state index is -5.08. The number of ether oxygens (including phenoxy) is 1. The van der Waals surface area contributed by atoms with Crippen molar-refractivity contribution in [2.75, 3.05) is 48.5 Å². The van der Waals surface area contributed by atoms with E-state index in [1.54, 1.807) is 6.07 Å². The zero-order chi connectivity index (χ0) is 26.0. The second-order valence-corrected chi connectivity index (χ2v) is 9.91. The Morgan fingerprint density at radius 2 is 1.71 bits per heavy atom. The fourth-order valence-electron chi connectivity index (χ4n) is 3.61. The van der Waals surface area contributed by atoms with Gasteiger partial charge < -0.3 is 20.1 Å². The van der Waals surface area contributed by atoms with Gasteiger partial charge in [-0.1, -0.05) is 11.6 Å². The lowest BCUT2D eigenvalue weighted by molar-refractivity contribution is -0.192. The Labute approximate surface area is 204 Å². The van der Waals surface area contributed by atoms with Gasteiger partial charge in [-0.25, -0.2) is 17.6 Å². The third-order valence-electron chi connectivity index (χ3n) is 5.17. The molecule has 0 spiro atoms. The van der Waals surface area contributed by atoms with Crippen LogP contribution in [0.4, 0.5) is 28.9 Å². The number of aliphatic carboxylic acids is 1. The molecule has 0 saturated carbocycles. The van der Waals surface area contributed by atoms with Crippen molar-refractivity contribution in [3.63, 3.8) is 0 Å². The Hall–Kier alpha value is -2.77. The molecular formula is C21H22ClF4N3O5S. The summed E-state index contributed by atoms with van der Waals surface area (Å²) >= 11 is 6.05. The number of rotatable bonds is 3. The van der Waals surface area contributed by atoms with Gasteiger partial charge in [0, 0.05) is 26.2 Å². The number of anilines is 2. The largest absolute Gasteiger partial charge is 0.490 e. The predicted molar refractivity (Wildman–Crippen MR) is 121 cm³/mol. The van der Waals surface area contributed by atoms with Gasteiger partial charge in [0.1, 0.15) is 17.3 Å². The second-order valence-electron chi connectivity index (χ2n) is 7.67. The number of nitrogens with zero attached hydrogens (tertiary/aromatic N) is 2. The Bertz CT molecular complexity index is 1200. The summed E-state index contributed by atoms with van der Waals surface area (Å²) in [7, 11) is -3.96. The Morgan fingerprint density at radius 3 is 2.29 bits per heavy atom. The van der Waals surface area contributed by atoms with Gasteiger partial charge >= 0.3 is 12.1 Å². The molecule has 0 radical (unpaired) electrons. The highest BCUT2D eigenvalue weighted by molar-refractivity contribution is 7.93. The van der Waals surface area contributed by atoms with Crippen LogP contribution in [0, 0.1) is 12.7 Å². The molecule has 192 valence electrons. The molecule has 2 aliphatic rings. The van der Waals surface area contributed by atoms with E-state index >= 15 is 0 Å². The average molecular weight is 540 g/mol. The van der Waals surface area contributed by atoms with E-state index in [0.717, 1.165) is 49.6 Å². The minimum absolute atomic E-state index is 0.117. The van der Waals surface area contributed by atoms with Crippen molar-refractivity contribution >= 4 is 39.0 Å². The van der Waals surface area contributed by atoms with Crippen molar-refractivity contribution in [2.45, 2.75) is 18.0 Å². The quantitative estimate of drug-likeness (QED) is 0.577. The number of hydrogen-bond acceptors (Lipinski definition) is 6. The number of aryl methyl sites for hydroxylation is 1. The summed E-state index contributed by atoms with van der Waals surface area (Å²) in [5.41, 5.74) is 2.31. The molecule has 1 saturated heterocycles. The molecule has 0 unspecified atom stereocenters. The smallest absolute Gasteiger partial charge is 0.487 e. The van der Waals surface area contributed by atoms with Gasteiger partial charge in [-0.05, 0) is 42.8 Å². The van der Waals surface area contributed by atoms with Crippen LogP contribution in [0.5, 0.6) is 5.75 Å². The first kappa shape index (κ1) is 26.8. The summed E-state index contributed by atoms with van der Waals surface area (Å²) in [6, 6.07) is 7.14. The molecule has 4 rings (SSSR count). The zero-order valence-corrected chi connectivity index (χ0v) is 20.0. The number of carboxylic acids is 1. The molecule has 0 aliphatic carbocycles. The molecule has 0 aromatic heterocycles. The molecule has 2 aromatic rings. The number of halogens is 5. The van der Waals surface area contributed by atoms with Crippen LogP contribution < -0.4 is 19.3 Å². The topological polar surface area (TPSA) is 99.2 Å². The lowest BCUT2D eigenvalue weighted by Crippen LogP contribution is -2.44. The van der Waals surface area contributed by atoms with E-state index in [4.69, 9.17) is 26.2 Å². The molecule has 0 atom stereocenters. The molecule has 35 heavy (non-hydrogen) atoms. The number of alkyl halides is 3. The molecule has 8 nitrogen and oxygen atoms in total. The van der Waals surface area contributed by atoms with Crippen LogP contribution in [0.2, 0.25) is 5.02 Å². The number of piperazine rings is 1. The summed E-state index contributed by atoms with van der Waals surface area (Å²) in [4.78, 5) is 11.0. The van der Waals surface area contributed by atoms with E-state index in [-0.39, 0.29) is 23.1 Å². The van der Waals surface area contributed by atoms with Crippen LogP contribution in [-0.4, -0.2) is 65.0 Å². The summed E-state index contributed by atoms with van der Waals surface area (Å²) in [6.45, 7) is 5.66. The first-order chi connectivity index (χ1) is 16.3. The third-order valence-corrected chi connectivity index (χ3v) is 7.46. The molecular weight excluding hydrogens is 518 g/mol. The second kappa shape index (κ2) is 10.5. The number of benzene rings is 2. The Morgan fingerprint density at radius 1 is 1.11 bits per heavy atom. The first-order valence-electron chi connectivity index (χ1n) is 10.3. The molecule has 2 aliphatic heterocycles. The molecule has 0 bridgehead atoms. The van der Waals surface area contributed by atoms with Crippen molar-refractivity contribution in [1.82, 2.24) is 5.32 Å². The zero-order valence-electron chi connectivity index (χ0n) is 18.4. The maximum Gasteiger partial charge on any atom is 0.490 e. The predicted octanol–water partition coefficient (Wildman–Crippen LogP) is 3.42. The van der Waals surface area contributed by atoms with Crippen molar-refractivity contribution in [2.24, 2.45) is 0 Å². The van der Waals surface area contributed by atoms with E-state index in [0.29, 0.717) is 11.4 Å². The third kappa shape index (κ3) is 6.08. The molecule has 1 fully saturated rings. The van der Waals surface area contributed by atoms with Crippen LogP contribution in [0.25, 0.3) is 0 Å². The van der Waals surface area contributed by atoms with E-state index in [1.165, 1.54) is 10.4 Å². The first-order valence-corrected chi connectivity index (χ1v) is 12.1. The van der Waals surface area contributed by atoms with Crippen LogP contribution >= 0.6 is 11.6 Å². The highest BCUT2D eigenvalue weighted by Crippen LogP contribution is 2.44. The molecule has 2 aromatic carbocycles. The maximum atomic E-state index is 13.4. The van der Waals surface area contributed by atoms with Gasteiger partial charge in [0.2, 0.25) is 0 Å². The van der Waals surface area contributed by atoms with Crippen molar-refractivity contribution in [1.29, 1.82) is 0 Å². The lowest BCUT2D eigenvalue weighted by Gasteiger charge is -2.36. The highest BCUT2D eigenvalue weighted by Gasteiger charge is 2.38. The van der Waals surface area contributed by atoms with Gasteiger partial charge in [-0.15, -0.1) is 0 Å². The standard InChI is InChI=1S/C19H21ClFN3O3S.C2HF3O2/c1-13-10-16(23-6-4-22-5-7-23)19-17(11-13)24(8-9-27-19)28(25,26)18-3-2-14(21)12-15(18)20;3-2(4,5)1(6)7/h2-3,10-12,22H,4-9H2,1H3;(H,6,7). The van der Waals surface area contributed by atoms with E-state index in [2.05, 4.69) is 10.2 Å². The number of fused-ring (bicyclic) bond motifs is 1. The monoisotopic (exact) mass is 539 g/mol. The van der Waals surface area contributed by atoms with E-state index in [1.807, 2.05) is 13.0 Å².